The molecular formula is C19H25N5OS. The highest BCUT2D eigenvalue weighted by Gasteiger charge is 2.17. The molecule has 7 heteroatoms. The average molecular weight is 372 g/mol. The van der Waals surface area contributed by atoms with E-state index < -0.39 is 0 Å². The van der Waals surface area contributed by atoms with Gasteiger partial charge in [0.05, 0.1) is 5.75 Å². The van der Waals surface area contributed by atoms with Gasteiger partial charge in [-0.25, -0.2) is 0 Å². The lowest BCUT2D eigenvalue weighted by Crippen LogP contribution is -2.31. The number of carbonyl (C=O) groups excluding carboxylic acids is 1. The molecule has 0 radical (unpaired) electrons. The molecule has 26 heavy (non-hydrogen) atoms. The van der Waals surface area contributed by atoms with Crippen LogP contribution in [0.15, 0.2) is 42.3 Å². The summed E-state index contributed by atoms with van der Waals surface area (Å²) < 4.78 is 1.97. The van der Waals surface area contributed by atoms with Gasteiger partial charge in [-0.2, -0.15) is 0 Å². The van der Waals surface area contributed by atoms with Gasteiger partial charge in [-0.3, -0.25) is 14.3 Å². The Bertz CT molecular complexity index is 725. The van der Waals surface area contributed by atoms with Crippen molar-refractivity contribution >= 4 is 17.7 Å². The predicted octanol–water partition coefficient (Wildman–Crippen LogP) is 3.31. The summed E-state index contributed by atoms with van der Waals surface area (Å²) >= 11 is 1.41. The lowest BCUT2D eigenvalue weighted by atomic mass is 9.89. The molecule has 1 saturated carbocycles. The van der Waals surface area contributed by atoms with E-state index in [2.05, 4.69) is 27.1 Å². The molecule has 0 saturated heterocycles. The van der Waals surface area contributed by atoms with E-state index in [9.17, 15) is 4.79 Å². The molecule has 0 unspecified atom stereocenters. The Morgan fingerprint density at radius 1 is 1.27 bits per heavy atom. The molecule has 138 valence electrons. The van der Waals surface area contributed by atoms with Gasteiger partial charge in [-0.1, -0.05) is 37.1 Å². The fraction of sp³-hybridized carbons (Fsp3) is 0.474. The number of amides is 1. The molecule has 0 aromatic carbocycles. The largest absolute Gasteiger partial charge is 0.355 e. The van der Waals surface area contributed by atoms with E-state index in [0.717, 1.165) is 23.1 Å². The summed E-state index contributed by atoms with van der Waals surface area (Å²) in [4.78, 5) is 16.2. The third-order valence-electron chi connectivity index (χ3n) is 4.61. The predicted molar refractivity (Wildman–Crippen MR) is 104 cm³/mol. The minimum atomic E-state index is 0.0548. The molecule has 0 spiro atoms. The number of allylic oxidation sites excluding steroid dienone is 1. The van der Waals surface area contributed by atoms with Crippen molar-refractivity contribution in [1.82, 2.24) is 25.1 Å². The molecule has 0 atom stereocenters. The van der Waals surface area contributed by atoms with E-state index in [1.165, 1.54) is 43.9 Å². The van der Waals surface area contributed by atoms with Crippen molar-refractivity contribution < 1.29 is 4.79 Å². The molecule has 6 nitrogen and oxygen atoms in total. The van der Waals surface area contributed by atoms with Crippen LogP contribution in [-0.4, -0.2) is 38.0 Å². The molecular weight excluding hydrogens is 346 g/mol. The second-order valence-electron chi connectivity index (χ2n) is 6.54. The highest BCUT2D eigenvalue weighted by atomic mass is 32.2. The molecule has 0 bridgehead atoms. The van der Waals surface area contributed by atoms with E-state index in [4.69, 9.17) is 0 Å². The smallest absolute Gasteiger partial charge is 0.230 e. The number of nitrogens with zero attached hydrogens (tertiary/aromatic N) is 4. The quantitative estimate of drug-likeness (QED) is 0.569. The molecule has 3 rings (SSSR count). The van der Waals surface area contributed by atoms with E-state index in [-0.39, 0.29) is 5.91 Å². The summed E-state index contributed by atoms with van der Waals surface area (Å²) in [5.41, 5.74) is 0.947. The van der Waals surface area contributed by atoms with Crippen molar-refractivity contribution in [2.24, 2.45) is 5.92 Å². The van der Waals surface area contributed by atoms with Crippen LogP contribution in [0.5, 0.6) is 0 Å². The third kappa shape index (κ3) is 4.94. The van der Waals surface area contributed by atoms with E-state index >= 15 is 0 Å². The van der Waals surface area contributed by atoms with Gasteiger partial charge in [0.1, 0.15) is 0 Å². The molecule has 1 amide bonds. The number of pyridine rings is 1. The molecule has 1 aliphatic carbocycles. The normalized spacial score (nSPS) is 14.9. The number of hydrogen-bond donors (Lipinski definition) is 1. The average Bonchev–Trinajstić information content (AvgIpc) is 3.09. The fourth-order valence-electron chi connectivity index (χ4n) is 3.23. The van der Waals surface area contributed by atoms with Crippen LogP contribution in [-0.2, 0) is 11.3 Å². The third-order valence-corrected chi connectivity index (χ3v) is 5.58. The minimum Gasteiger partial charge on any atom is -0.355 e. The monoisotopic (exact) mass is 371 g/mol. The Labute approximate surface area is 158 Å². The zero-order valence-corrected chi connectivity index (χ0v) is 15.7. The number of carbonyl (C=O) groups is 1. The van der Waals surface area contributed by atoms with Gasteiger partial charge >= 0.3 is 0 Å². The number of aromatic nitrogens is 4. The van der Waals surface area contributed by atoms with Crippen LogP contribution in [0.2, 0.25) is 0 Å². The summed E-state index contributed by atoms with van der Waals surface area (Å²) in [5.74, 6) is 1.80. The maximum absolute atomic E-state index is 12.2. The Hall–Kier alpha value is -2.15. The van der Waals surface area contributed by atoms with E-state index in [1.54, 1.807) is 18.5 Å². The van der Waals surface area contributed by atoms with Crippen molar-refractivity contribution in [2.75, 3.05) is 12.3 Å². The van der Waals surface area contributed by atoms with Crippen LogP contribution < -0.4 is 5.32 Å². The number of thioether (sulfide) groups is 1. The van der Waals surface area contributed by atoms with Crippen molar-refractivity contribution in [1.29, 1.82) is 0 Å². The number of hydrogen-bond acceptors (Lipinski definition) is 5. The first-order chi connectivity index (χ1) is 12.8. The Kier molecular flexibility index (Phi) is 6.82. The summed E-state index contributed by atoms with van der Waals surface area (Å²) in [6, 6.07) is 3.80. The van der Waals surface area contributed by atoms with Crippen LogP contribution in [0.3, 0.4) is 0 Å². The minimum absolute atomic E-state index is 0.0548. The van der Waals surface area contributed by atoms with Gasteiger partial charge in [-0.05, 0) is 30.9 Å². The molecule has 2 aromatic heterocycles. The Morgan fingerprint density at radius 2 is 2.04 bits per heavy atom. The highest BCUT2D eigenvalue weighted by molar-refractivity contribution is 7.99. The van der Waals surface area contributed by atoms with Crippen LogP contribution in [0.4, 0.5) is 0 Å². The van der Waals surface area contributed by atoms with Crippen molar-refractivity contribution in [3.63, 3.8) is 0 Å². The Morgan fingerprint density at radius 3 is 2.77 bits per heavy atom. The van der Waals surface area contributed by atoms with Crippen LogP contribution in [0.1, 0.15) is 32.1 Å². The summed E-state index contributed by atoms with van der Waals surface area (Å²) in [6.45, 7) is 5.20. The molecule has 1 aliphatic rings. The van der Waals surface area contributed by atoms with Gasteiger partial charge in [0, 0.05) is 31.0 Å². The van der Waals surface area contributed by atoms with E-state index in [1.807, 2.05) is 16.7 Å². The van der Waals surface area contributed by atoms with Crippen LogP contribution in [0, 0.1) is 5.92 Å². The van der Waals surface area contributed by atoms with Gasteiger partial charge in [0.25, 0.3) is 0 Å². The maximum Gasteiger partial charge on any atom is 0.230 e. The maximum atomic E-state index is 12.2. The molecule has 0 aliphatic heterocycles. The number of rotatable bonds is 8. The Balaban J connectivity index is 1.58. The molecule has 2 aromatic rings. The molecule has 2 heterocycles. The summed E-state index contributed by atoms with van der Waals surface area (Å²) in [6.07, 6.45) is 11.6. The zero-order valence-electron chi connectivity index (χ0n) is 14.9. The van der Waals surface area contributed by atoms with Gasteiger partial charge in [0.2, 0.25) is 5.91 Å². The standard InChI is InChI=1S/C19H25N5OS/c1-2-12-24-18(16-8-10-20-11-9-16)22-23-19(24)26-14-17(25)21-13-15-6-4-3-5-7-15/h2,8-11,15H,1,3-7,12-14H2,(H,21,25). The molecule has 1 fully saturated rings. The fourth-order valence-corrected chi connectivity index (χ4v) is 4.01. The topological polar surface area (TPSA) is 72.7 Å². The highest BCUT2D eigenvalue weighted by Crippen LogP contribution is 2.24. The van der Waals surface area contributed by atoms with Crippen molar-refractivity contribution in [3.8, 4) is 11.4 Å². The first-order valence-electron chi connectivity index (χ1n) is 9.12. The first-order valence-corrected chi connectivity index (χ1v) is 10.1. The van der Waals surface area contributed by atoms with E-state index in [0.29, 0.717) is 18.2 Å². The first kappa shape index (κ1) is 18.6. The van der Waals surface area contributed by atoms with Gasteiger partial charge < -0.3 is 5.32 Å². The summed E-state index contributed by atoms with van der Waals surface area (Å²) in [5, 5.41) is 12.3. The van der Waals surface area contributed by atoms with Crippen molar-refractivity contribution in [3.05, 3.63) is 37.2 Å². The second kappa shape index (κ2) is 9.52. The number of nitrogens with one attached hydrogen (secondary N) is 1. The molecule has 1 N–H and O–H groups in total. The SMILES string of the molecule is C=CCn1c(SCC(=O)NCC2CCCCC2)nnc1-c1ccncc1. The lowest BCUT2D eigenvalue weighted by Gasteiger charge is -2.21. The lowest BCUT2D eigenvalue weighted by molar-refractivity contribution is -0.118. The summed E-state index contributed by atoms with van der Waals surface area (Å²) in [7, 11) is 0. The van der Waals surface area contributed by atoms with Gasteiger partial charge in [0.15, 0.2) is 11.0 Å². The van der Waals surface area contributed by atoms with Crippen LogP contribution >= 0.6 is 11.8 Å². The zero-order chi connectivity index (χ0) is 18.2. The van der Waals surface area contributed by atoms with Crippen LogP contribution in [0.25, 0.3) is 11.4 Å². The van der Waals surface area contributed by atoms with Crippen molar-refractivity contribution in [2.45, 2.75) is 43.8 Å². The second-order valence-corrected chi connectivity index (χ2v) is 7.48. The van der Waals surface area contributed by atoms with Gasteiger partial charge in [-0.15, -0.1) is 16.8 Å².